The predicted molar refractivity (Wildman–Crippen MR) is 110 cm³/mol. The van der Waals surface area contributed by atoms with Gasteiger partial charge in [-0.05, 0) is 5.56 Å². The van der Waals surface area contributed by atoms with Gasteiger partial charge in [0.2, 0.25) is 0 Å². The first-order chi connectivity index (χ1) is 14.0. The Morgan fingerprint density at radius 3 is 2.59 bits per heavy atom. The fourth-order valence-corrected chi connectivity index (χ4v) is 3.67. The number of carbonyl (C=O) groups excluding carboxylic acids is 1. The molecule has 3 rings (SSSR count). The number of amides is 1. The van der Waals surface area contributed by atoms with E-state index in [-0.39, 0.29) is 43.7 Å². The van der Waals surface area contributed by atoms with Crippen molar-refractivity contribution in [3.05, 3.63) is 56.7 Å². The summed E-state index contributed by atoms with van der Waals surface area (Å²) < 4.78 is 6.40. The molecule has 9 nitrogen and oxygen atoms in total. The standard InChI is InChI=1S/C20H27N5O4/c1-29-12-11-24(16(26)14-23-9-5-6-10-23)17-18(21)25(20(28)22-19(17)27)13-15-7-3-2-4-8-15/h2-4,7-8H,5-6,9-14,21H2,1H3,(H,22,27,28)/p+1. The Bertz CT molecular complexity index is 948. The molecule has 9 heteroatoms. The molecule has 2 heterocycles. The van der Waals surface area contributed by atoms with E-state index in [1.54, 1.807) is 0 Å². The number of quaternary nitrogens is 1. The molecular formula is C20H28N5O4+. The van der Waals surface area contributed by atoms with Crippen LogP contribution in [0.3, 0.4) is 0 Å². The zero-order chi connectivity index (χ0) is 20.8. The lowest BCUT2D eigenvalue weighted by Gasteiger charge is -2.25. The molecule has 1 amide bonds. The summed E-state index contributed by atoms with van der Waals surface area (Å²) in [5.41, 5.74) is 5.84. The summed E-state index contributed by atoms with van der Waals surface area (Å²) in [5.74, 6) is -0.232. The molecule has 1 aliphatic rings. The van der Waals surface area contributed by atoms with Gasteiger partial charge in [0.05, 0.1) is 26.2 Å². The van der Waals surface area contributed by atoms with Crippen LogP contribution in [0, 0.1) is 0 Å². The van der Waals surface area contributed by atoms with Crippen molar-refractivity contribution < 1.29 is 14.4 Å². The maximum atomic E-state index is 13.0. The molecule has 1 aliphatic heterocycles. The van der Waals surface area contributed by atoms with Crippen molar-refractivity contribution in [2.75, 3.05) is 50.5 Å². The molecule has 156 valence electrons. The fourth-order valence-electron chi connectivity index (χ4n) is 3.67. The van der Waals surface area contributed by atoms with Gasteiger partial charge in [-0.2, -0.15) is 0 Å². The van der Waals surface area contributed by atoms with Crippen molar-refractivity contribution in [2.45, 2.75) is 19.4 Å². The van der Waals surface area contributed by atoms with Crippen LogP contribution in [-0.2, 0) is 16.1 Å². The molecule has 1 fully saturated rings. The molecule has 0 saturated carbocycles. The maximum Gasteiger partial charge on any atom is 0.330 e. The number of hydrogen-bond donors (Lipinski definition) is 3. The Morgan fingerprint density at radius 2 is 1.93 bits per heavy atom. The lowest BCUT2D eigenvalue weighted by molar-refractivity contribution is -0.878. The summed E-state index contributed by atoms with van der Waals surface area (Å²) >= 11 is 0. The molecule has 0 spiro atoms. The first-order valence-corrected chi connectivity index (χ1v) is 9.80. The topological polar surface area (TPSA) is 115 Å². The van der Waals surface area contributed by atoms with E-state index in [4.69, 9.17) is 10.5 Å². The molecule has 0 atom stereocenters. The Balaban J connectivity index is 1.97. The van der Waals surface area contributed by atoms with Crippen molar-refractivity contribution in [3.63, 3.8) is 0 Å². The molecule has 29 heavy (non-hydrogen) atoms. The number of hydrogen-bond acceptors (Lipinski definition) is 5. The average Bonchev–Trinajstić information content (AvgIpc) is 3.21. The van der Waals surface area contributed by atoms with Crippen LogP contribution < -0.4 is 26.8 Å². The van der Waals surface area contributed by atoms with E-state index in [1.165, 1.54) is 21.5 Å². The lowest BCUT2D eigenvalue weighted by Crippen LogP contribution is -3.11. The van der Waals surface area contributed by atoms with E-state index in [1.807, 2.05) is 30.3 Å². The van der Waals surface area contributed by atoms with E-state index in [0.717, 1.165) is 31.5 Å². The van der Waals surface area contributed by atoms with Gasteiger partial charge in [0.15, 0.2) is 12.2 Å². The Morgan fingerprint density at radius 1 is 1.24 bits per heavy atom. The van der Waals surface area contributed by atoms with Crippen LogP contribution in [0.2, 0.25) is 0 Å². The highest BCUT2D eigenvalue weighted by atomic mass is 16.5. The molecule has 4 N–H and O–H groups in total. The number of ether oxygens (including phenoxy) is 1. The average molecular weight is 402 g/mol. The third kappa shape index (κ3) is 4.93. The van der Waals surface area contributed by atoms with Crippen molar-refractivity contribution in [1.29, 1.82) is 0 Å². The van der Waals surface area contributed by atoms with Crippen LogP contribution in [0.15, 0.2) is 39.9 Å². The number of nitrogens with zero attached hydrogens (tertiary/aromatic N) is 2. The number of carbonyl (C=O) groups is 1. The third-order valence-electron chi connectivity index (χ3n) is 5.20. The summed E-state index contributed by atoms with van der Waals surface area (Å²) in [6.45, 7) is 2.77. The summed E-state index contributed by atoms with van der Waals surface area (Å²) in [7, 11) is 1.53. The number of aromatic nitrogens is 2. The largest absolute Gasteiger partial charge is 0.383 e. The number of nitrogens with two attached hydrogens (primary N) is 1. The zero-order valence-electron chi connectivity index (χ0n) is 16.6. The number of benzene rings is 1. The number of nitrogen functional groups attached to an aromatic ring is 1. The minimum Gasteiger partial charge on any atom is -0.383 e. The van der Waals surface area contributed by atoms with Gasteiger partial charge in [-0.3, -0.25) is 24.0 Å². The number of likely N-dealkylation sites (tertiary alicyclic amines) is 1. The third-order valence-corrected chi connectivity index (χ3v) is 5.20. The van der Waals surface area contributed by atoms with Gasteiger partial charge in [0.25, 0.3) is 11.5 Å². The van der Waals surface area contributed by atoms with Crippen molar-refractivity contribution in [3.8, 4) is 0 Å². The highest BCUT2D eigenvalue weighted by Gasteiger charge is 2.28. The minimum atomic E-state index is -0.669. The molecule has 2 aromatic rings. The SMILES string of the molecule is COCCN(C(=O)C[NH+]1CCCC1)c1c(N)n(Cc2ccccc2)c(=O)[nH]c1=O. The van der Waals surface area contributed by atoms with Crippen molar-refractivity contribution in [2.24, 2.45) is 0 Å². The van der Waals surface area contributed by atoms with Gasteiger partial charge in [0.1, 0.15) is 5.82 Å². The highest BCUT2D eigenvalue weighted by molar-refractivity contribution is 5.96. The van der Waals surface area contributed by atoms with Crippen LogP contribution in [0.5, 0.6) is 0 Å². The monoisotopic (exact) mass is 402 g/mol. The van der Waals surface area contributed by atoms with Crippen LogP contribution in [0.1, 0.15) is 18.4 Å². The van der Waals surface area contributed by atoms with E-state index in [0.29, 0.717) is 0 Å². The molecular weight excluding hydrogens is 374 g/mol. The van der Waals surface area contributed by atoms with E-state index in [9.17, 15) is 14.4 Å². The van der Waals surface area contributed by atoms with E-state index >= 15 is 0 Å². The zero-order valence-corrected chi connectivity index (χ0v) is 16.6. The smallest absolute Gasteiger partial charge is 0.330 e. The second-order valence-corrected chi connectivity index (χ2v) is 7.24. The fraction of sp³-hybridized carbons (Fsp3) is 0.450. The van der Waals surface area contributed by atoms with Crippen LogP contribution >= 0.6 is 0 Å². The summed E-state index contributed by atoms with van der Waals surface area (Å²) in [6.07, 6.45) is 2.18. The van der Waals surface area contributed by atoms with Crippen molar-refractivity contribution in [1.82, 2.24) is 9.55 Å². The van der Waals surface area contributed by atoms with Gasteiger partial charge in [-0.15, -0.1) is 0 Å². The molecule has 1 aromatic carbocycles. The minimum absolute atomic E-state index is 0.00109. The highest BCUT2D eigenvalue weighted by Crippen LogP contribution is 2.17. The van der Waals surface area contributed by atoms with Gasteiger partial charge in [-0.25, -0.2) is 4.79 Å². The number of anilines is 2. The van der Waals surface area contributed by atoms with E-state index < -0.39 is 11.2 Å². The molecule has 0 unspecified atom stereocenters. The van der Waals surface area contributed by atoms with Gasteiger partial charge >= 0.3 is 5.69 Å². The maximum absolute atomic E-state index is 13.0. The summed E-state index contributed by atoms with van der Waals surface area (Å²) in [6, 6.07) is 9.31. The summed E-state index contributed by atoms with van der Waals surface area (Å²) in [4.78, 5) is 42.9. The van der Waals surface area contributed by atoms with Crippen molar-refractivity contribution >= 4 is 17.4 Å². The molecule has 0 aliphatic carbocycles. The normalized spacial score (nSPS) is 14.2. The van der Waals surface area contributed by atoms with Gasteiger partial charge < -0.3 is 15.4 Å². The Kier molecular flexibility index (Phi) is 6.84. The number of nitrogens with one attached hydrogen (secondary N) is 2. The lowest BCUT2D eigenvalue weighted by atomic mass is 10.2. The number of rotatable bonds is 8. The first kappa shape index (κ1) is 20.8. The second kappa shape index (κ2) is 9.53. The number of methoxy groups -OCH3 is 1. The molecule has 0 radical (unpaired) electrons. The van der Waals surface area contributed by atoms with Crippen LogP contribution in [0.4, 0.5) is 11.5 Å². The van der Waals surface area contributed by atoms with Crippen LogP contribution in [0.25, 0.3) is 0 Å². The van der Waals surface area contributed by atoms with Crippen LogP contribution in [-0.4, -0.2) is 55.4 Å². The number of H-pyrrole nitrogens is 1. The molecule has 0 bridgehead atoms. The predicted octanol–water partition coefficient (Wildman–Crippen LogP) is -1.17. The number of aromatic amines is 1. The van der Waals surface area contributed by atoms with Gasteiger partial charge in [-0.1, -0.05) is 30.3 Å². The second-order valence-electron chi connectivity index (χ2n) is 7.24. The molecule has 1 saturated heterocycles. The van der Waals surface area contributed by atoms with E-state index in [2.05, 4.69) is 4.98 Å². The Labute approximate surface area is 168 Å². The first-order valence-electron chi connectivity index (χ1n) is 9.80. The Hall–Kier alpha value is -2.91. The quantitative estimate of drug-likeness (QED) is 0.515. The van der Waals surface area contributed by atoms with Gasteiger partial charge in [0, 0.05) is 26.5 Å². The molecule has 1 aromatic heterocycles. The summed E-state index contributed by atoms with van der Waals surface area (Å²) in [5, 5.41) is 0.